The van der Waals surface area contributed by atoms with E-state index in [9.17, 15) is 9.90 Å². The van der Waals surface area contributed by atoms with Gasteiger partial charge in [0.15, 0.2) is 0 Å². The lowest BCUT2D eigenvalue weighted by Gasteiger charge is -2.33. The smallest absolute Gasteiger partial charge is 0.354 e. The molecule has 3 heterocycles. The average molecular weight is 582 g/mol. The van der Waals surface area contributed by atoms with Gasteiger partial charge < -0.3 is 19.3 Å². The summed E-state index contributed by atoms with van der Waals surface area (Å²) in [5, 5.41) is 19.3. The van der Waals surface area contributed by atoms with Crippen LogP contribution in [-0.2, 0) is 18.4 Å². The second-order valence-electron chi connectivity index (χ2n) is 10.6. The van der Waals surface area contributed by atoms with Gasteiger partial charge >= 0.3 is 5.97 Å². The first-order valence-electron chi connectivity index (χ1n) is 13.5. The topological polar surface area (TPSA) is 93.6 Å². The number of hydrogen-bond acceptors (Lipinski definition) is 6. The van der Waals surface area contributed by atoms with E-state index in [0.717, 1.165) is 72.6 Å². The van der Waals surface area contributed by atoms with E-state index in [0.29, 0.717) is 33.8 Å². The second kappa shape index (κ2) is 10.9. The van der Waals surface area contributed by atoms with Crippen LogP contribution in [0.3, 0.4) is 0 Å². The Morgan fingerprint density at radius 3 is 2.52 bits per heavy atom. The third kappa shape index (κ3) is 5.23. The summed E-state index contributed by atoms with van der Waals surface area (Å²) in [6.45, 7) is 4.16. The minimum Gasteiger partial charge on any atom is -0.477 e. The zero-order valence-electron chi connectivity index (χ0n) is 22.4. The minimum atomic E-state index is -1.03. The highest BCUT2D eigenvalue weighted by molar-refractivity contribution is 6.34. The molecule has 1 saturated carbocycles. The number of aromatic carboxylic acids is 1. The van der Waals surface area contributed by atoms with Crippen LogP contribution in [0.4, 0.5) is 5.69 Å². The lowest BCUT2D eigenvalue weighted by atomic mass is 10.0. The van der Waals surface area contributed by atoms with Crippen molar-refractivity contribution >= 4 is 34.9 Å². The van der Waals surface area contributed by atoms with Crippen LogP contribution >= 0.6 is 23.2 Å². The van der Waals surface area contributed by atoms with Crippen molar-refractivity contribution in [2.75, 3.05) is 18.0 Å². The fraction of sp³-hybridized carbons (Fsp3) is 0.367. The van der Waals surface area contributed by atoms with Crippen molar-refractivity contribution in [1.82, 2.24) is 14.9 Å². The molecule has 2 aromatic carbocycles. The predicted molar refractivity (Wildman–Crippen MR) is 154 cm³/mol. The molecule has 1 aliphatic heterocycles. The molecule has 4 aromatic rings. The van der Waals surface area contributed by atoms with Crippen molar-refractivity contribution in [3.8, 4) is 22.5 Å². The molecule has 2 aromatic heterocycles. The zero-order valence-corrected chi connectivity index (χ0v) is 23.9. The van der Waals surface area contributed by atoms with Gasteiger partial charge in [0, 0.05) is 48.4 Å². The molecule has 8 nitrogen and oxygen atoms in total. The summed E-state index contributed by atoms with van der Waals surface area (Å²) in [5.41, 5.74) is 6.16. The Kier molecular flexibility index (Phi) is 7.33. The monoisotopic (exact) mass is 580 g/mol. The normalized spacial score (nSPS) is 16.1. The number of carbonyl (C=O) groups is 1. The molecule has 1 aliphatic carbocycles. The molecule has 0 radical (unpaired) electrons. The molecule has 1 saturated heterocycles. The number of hydrogen-bond donors (Lipinski definition) is 1. The van der Waals surface area contributed by atoms with Gasteiger partial charge in [-0.2, -0.15) is 5.10 Å². The molecule has 0 unspecified atom stereocenters. The van der Waals surface area contributed by atoms with Crippen LogP contribution in [0.2, 0.25) is 10.0 Å². The number of ether oxygens (including phenoxy) is 1. The van der Waals surface area contributed by atoms with E-state index >= 15 is 0 Å². The summed E-state index contributed by atoms with van der Waals surface area (Å²) in [6, 6.07) is 13.2. The maximum Gasteiger partial charge on any atom is 0.354 e. The van der Waals surface area contributed by atoms with Crippen LogP contribution in [0, 0.1) is 6.92 Å². The van der Waals surface area contributed by atoms with Gasteiger partial charge in [0.25, 0.3) is 0 Å². The van der Waals surface area contributed by atoms with E-state index in [-0.39, 0.29) is 11.8 Å². The lowest BCUT2D eigenvalue weighted by molar-refractivity contribution is 0.0246. The SMILES string of the molecule is Cc1cccc(Cl)c1-c1noc(C2CC2)c1COC1CCN(c2ccc(-c3cc(C(=O)O)n(C)n3)c(Cl)c2)CC1. The number of nitrogens with zero attached hydrogens (tertiary/aromatic N) is 4. The lowest BCUT2D eigenvalue weighted by Crippen LogP contribution is -2.37. The maximum absolute atomic E-state index is 11.4. The molecule has 1 N–H and O–H groups in total. The van der Waals surface area contributed by atoms with E-state index in [4.69, 9.17) is 32.5 Å². The first-order valence-corrected chi connectivity index (χ1v) is 14.2. The fourth-order valence-electron chi connectivity index (χ4n) is 5.45. The molecule has 40 heavy (non-hydrogen) atoms. The van der Waals surface area contributed by atoms with Gasteiger partial charge in [-0.1, -0.05) is 40.5 Å². The Morgan fingerprint density at radius 2 is 1.88 bits per heavy atom. The van der Waals surface area contributed by atoms with Crippen molar-refractivity contribution in [2.45, 2.75) is 51.2 Å². The standard InChI is InChI=1S/C30H30Cl2N4O4/c1-17-4-3-5-23(31)27(17)28-22(29(40-34-28)18-6-7-18)16-39-20-10-12-36(13-11-20)19-8-9-21(24(32)14-19)25-15-26(30(37)38)35(2)33-25/h3-5,8-9,14-15,18,20H,6-7,10-13,16H2,1-2H3,(H,37,38). The third-order valence-electron chi connectivity index (χ3n) is 7.82. The van der Waals surface area contributed by atoms with Crippen molar-refractivity contribution in [3.63, 3.8) is 0 Å². The van der Waals surface area contributed by atoms with Gasteiger partial charge in [0.05, 0.1) is 28.5 Å². The highest BCUT2D eigenvalue weighted by atomic mass is 35.5. The molecule has 10 heteroatoms. The largest absolute Gasteiger partial charge is 0.477 e. The summed E-state index contributed by atoms with van der Waals surface area (Å²) in [5.74, 6) is 0.325. The predicted octanol–water partition coefficient (Wildman–Crippen LogP) is 7.12. The van der Waals surface area contributed by atoms with Gasteiger partial charge in [0.1, 0.15) is 17.1 Å². The number of halogens is 2. The van der Waals surface area contributed by atoms with Crippen LogP contribution in [0.15, 0.2) is 47.0 Å². The highest BCUT2D eigenvalue weighted by Crippen LogP contribution is 2.45. The van der Waals surface area contributed by atoms with Crippen molar-refractivity contribution in [3.05, 3.63) is 75.1 Å². The molecule has 2 aliphatic rings. The Bertz CT molecular complexity index is 1550. The average Bonchev–Trinajstić information content (AvgIpc) is 3.58. The van der Waals surface area contributed by atoms with Crippen molar-refractivity contribution < 1.29 is 19.2 Å². The molecule has 0 bridgehead atoms. The molecule has 0 spiro atoms. The van der Waals surface area contributed by atoms with Crippen molar-refractivity contribution in [1.29, 1.82) is 0 Å². The first kappa shape index (κ1) is 26.9. The fourth-order valence-corrected chi connectivity index (χ4v) is 6.03. The van der Waals surface area contributed by atoms with Crippen LogP contribution in [0.25, 0.3) is 22.5 Å². The van der Waals surface area contributed by atoms with E-state index in [2.05, 4.69) is 15.2 Å². The summed E-state index contributed by atoms with van der Waals surface area (Å²) in [6.07, 6.45) is 4.11. The van der Waals surface area contributed by atoms with Gasteiger partial charge in [-0.05, 0) is 68.5 Å². The number of rotatable bonds is 8. The summed E-state index contributed by atoms with van der Waals surface area (Å²) >= 11 is 13.2. The van der Waals surface area contributed by atoms with Crippen LogP contribution in [0.1, 0.15) is 59.0 Å². The van der Waals surface area contributed by atoms with E-state index < -0.39 is 5.97 Å². The molecule has 6 rings (SSSR count). The number of piperidine rings is 1. The third-order valence-corrected chi connectivity index (χ3v) is 8.45. The molecule has 2 fully saturated rings. The van der Waals surface area contributed by atoms with Gasteiger partial charge in [-0.3, -0.25) is 4.68 Å². The van der Waals surface area contributed by atoms with E-state index in [1.165, 1.54) is 10.7 Å². The number of carboxylic acid groups (broad SMARTS) is 1. The molecular formula is C30H30Cl2N4O4. The molecule has 208 valence electrons. The molecule has 0 atom stereocenters. The Morgan fingerprint density at radius 1 is 1.10 bits per heavy atom. The Labute approximate surface area is 242 Å². The quantitative estimate of drug-likeness (QED) is 0.237. The summed E-state index contributed by atoms with van der Waals surface area (Å²) < 4.78 is 13.6. The van der Waals surface area contributed by atoms with Crippen LogP contribution in [-0.4, -0.2) is 45.2 Å². The van der Waals surface area contributed by atoms with Crippen molar-refractivity contribution in [2.24, 2.45) is 7.05 Å². The van der Waals surface area contributed by atoms with E-state index in [1.54, 1.807) is 7.05 Å². The molecular weight excluding hydrogens is 551 g/mol. The Balaban J connectivity index is 1.12. The van der Waals surface area contributed by atoms with Gasteiger partial charge in [-0.15, -0.1) is 0 Å². The second-order valence-corrected chi connectivity index (χ2v) is 11.4. The highest BCUT2D eigenvalue weighted by Gasteiger charge is 2.34. The Hall–Kier alpha value is -3.33. The first-order chi connectivity index (χ1) is 19.3. The number of aromatic nitrogens is 3. The summed E-state index contributed by atoms with van der Waals surface area (Å²) in [4.78, 5) is 13.7. The van der Waals surface area contributed by atoms with Gasteiger partial charge in [0.2, 0.25) is 0 Å². The number of anilines is 1. The van der Waals surface area contributed by atoms with Gasteiger partial charge in [-0.25, -0.2) is 4.79 Å². The van der Waals surface area contributed by atoms with Crippen LogP contribution in [0.5, 0.6) is 0 Å². The number of aryl methyl sites for hydroxylation is 2. The zero-order chi connectivity index (χ0) is 28.0. The number of carboxylic acids is 1. The molecule has 0 amide bonds. The minimum absolute atomic E-state index is 0.113. The van der Waals surface area contributed by atoms with E-state index in [1.807, 2.05) is 43.3 Å². The van der Waals surface area contributed by atoms with Crippen LogP contribution < -0.4 is 4.90 Å². The summed E-state index contributed by atoms with van der Waals surface area (Å²) in [7, 11) is 1.61. The number of benzene rings is 2. The maximum atomic E-state index is 11.4.